The molecule has 2 fully saturated rings. The molecule has 2 amide bonds. The van der Waals surface area contributed by atoms with Crippen molar-refractivity contribution in [1.29, 1.82) is 0 Å². The Kier molecular flexibility index (Phi) is 9.03. The summed E-state index contributed by atoms with van der Waals surface area (Å²) in [6.45, 7) is 8.81. The van der Waals surface area contributed by atoms with Gasteiger partial charge in [0.1, 0.15) is 0 Å². The molecular formula is C33H44ClN5O2. The van der Waals surface area contributed by atoms with Gasteiger partial charge in [-0.1, -0.05) is 75.6 Å². The van der Waals surface area contributed by atoms with E-state index in [1.165, 1.54) is 44.9 Å². The summed E-state index contributed by atoms with van der Waals surface area (Å²) in [6.07, 6.45) is 12.8. The van der Waals surface area contributed by atoms with Crippen molar-refractivity contribution in [2.75, 3.05) is 6.54 Å². The first-order chi connectivity index (χ1) is 19.7. The number of aromatic nitrogens is 3. The van der Waals surface area contributed by atoms with Crippen LogP contribution in [0, 0.1) is 17.3 Å². The Morgan fingerprint density at radius 1 is 1.10 bits per heavy atom. The van der Waals surface area contributed by atoms with Crippen molar-refractivity contribution in [3.8, 4) is 11.3 Å². The monoisotopic (exact) mass is 577 g/mol. The van der Waals surface area contributed by atoms with Gasteiger partial charge in [-0.25, -0.2) is 9.67 Å². The van der Waals surface area contributed by atoms with Crippen molar-refractivity contribution < 1.29 is 9.59 Å². The molecule has 2 N–H and O–H groups in total. The molecule has 41 heavy (non-hydrogen) atoms. The molecule has 5 rings (SSSR count). The molecule has 1 spiro atoms. The number of hydrogen-bond donors (Lipinski definition) is 2. The van der Waals surface area contributed by atoms with Gasteiger partial charge < -0.3 is 10.6 Å². The van der Waals surface area contributed by atoms with Gasteiger partial charge in [0.05, 0.1) is 28.8 Å². The number of amides is 2. The largest absolute Gasteiger partial charge is 0.353 e. The minimum atomic E-state index is -0.277. The molecule has 1 saturated carbocycles. The highest BCUT2D eigenvalue weighted by atomic mass is 35.5. The van der Waals surface area contributed by atoms with Crippen LogP contribution in [0.5, 0.6) is 0 Å². The summed E-state index contributed by atoms with van der Waals surface area (Å²) < 4.78 is 1.83. The second kappa shape index (κ2) is 12.5. The van der Waals surface area contributed by atoms with Crippen LogP contribution in [-0.2, 0) is 4.79 Å². The summed E-state index contributed by atoms with van der Waals surface area (Å²) in [5, 5.41) is 12.3. The van der Waals surface area contributed by atoms with Crippen LogP contribution in [0.15, 0.2) is 36.5 Å². The Bertz CT molecular complexity index is 1390. The third-order valence-electron chi connectivity index (χ3n) is 9.76. The Morgan fingerprint density at radius 2 is 1.78 bits per heavy atom. The molecule has 1 aliphatic heterocycles. The van der Waals surface area contributed by atoms with Crippen LogP contribution >= 0.6 is 11.6 Å². The first kappa shape index (κ1) is 29.6. The van der Waals surface area contributed by atoms with Crippen LogP contribution in [0.4, 0.5) is 0 Å². The summed E-state index contributed by atoms with van der Waals surface area (Å²) in [7, 11) is 0. The fraction of sp³-hybridized carbons (Fsp3) is 0.576. The third kappa shape index (κ3) is 6.01. The molecule has 220 valence electrons. The average Bonchev–Trinajstić information content (AvgIpc) is 3.39. The summed E-state index contributed by atoms with van der Waals surface area (Å²) in [4.78, 5) is 32.0. The lowest BCUT2D eigenvalue weighted by Crippen LogP contribution is -2.61. The van der Waals surface area contributed by atoms with Gasteiger partial charge in [0.15, 0.2) is 5.65 Å². The fourth-order valence-electron chi connectivity index (χ4n) is 7.24. The second-order valence-corrected chi connectivity index (χ2v) is 13.0. The predicted octanol–water partition coefficient (Wildman–Crippen LogP) is 7.34. The topological polar surface area (TPSA) is 88.9 Å². The van der Waals surface area contributed by atoms with Crippen molar-refractivity contribution >= 4 is 34.4 Å². The van der Waals surface area contributed by atoms with E-state index < -0.39 is 0 Å². The van der Waals surface area contributed by atoms with Gasteiger partial charge in [-0.15, -0.1) is 0 Å². The summed E-state index contributed by atoms with van der Waals surface area (Å²) >= 11 is 6.28. The number of pyridine rings is 1. The summed E-state index contributed by atoms with van der Waals surface area (Å²) in [5.74, 6) is -0.280. The quantitative estimate of drug-likeness (QED) is 0.332. The van der Waals surface area contributed by atoms with Gasteiger partial charge in [0.25, 0.3) is 5.91 Å². The molecule has 2 aromatic heterocycles. The lowest BCUT2D eigenvalue weighted by Gasteiger charge is -2.51. The van der Waals surface area contributed by atoms with Gasteiger partial charge >= 0.3 is 0 Å². The number of piperidine rings is 1. The van der Waals surface area contributed by atoms with Crippen LogP contribution < -0.4 is 10.6 Å². The molecule has 8 heteroatoms. The van der Waals surface area contributed by atoms with E-state index in [1.807, 2.05) is 48.9 Å². The zero-order chi connectivity index (χ0) is 29.1. The average molecular weight is 578 g/mol. The van der Waals surface area contributed by atoms with E-state index in [1.54, 1.807) is 6.20 Å². The van der Waals surface area contributed by atoms with Crippen molar-refractivity contribution in [3.63, 3.8) is 0 Å². The normalized spacial score (nSPS) is 23.5. The van der Waals surface area contributed by atoms with Crippen molar-refractivity contribution in [2.45, 2.75) is 97.6 Å². The van der Waals surface area contributed by atoms with E-state index in [4.69, 9.17) is 16.6 Å². The van der Waals surface area contributed by atoms with Crippen molar-refractivity contribution in [1.82, 2.24) is 25.4 Å². The molecule has 3 atom stereocenters. The maximum Gasteiger partial charge on any atom is 0.252 e. The Balaban J connectivity index is 1.42. The number of halogens is 1. The highest BCUT2D eigenvalue weighted by molar-refractivity contribution is 6.30. The van der Waals surface area contributed by atoms with Crippen LogP contribution in [-0.4, -0.2) is 39.2 Å². The second-order valence-electron chi connectivity index (χ2n) is 12.5. The third-order valence-corrected chi connectivity index (χ3v) is 9.99. The van der Waals surface area contributed by atoms with E-state index in [-0.39, 0.29) is 41.1 Å². The number of nitrogens with zero attached hydrogens (tertiary/aromatic N) is 3. The lowest BCUT2D eigenvalue weighted by atomic mass is 9.58. The molecule has 3 heterocycles. The van der Waals surface area contributed by atoms with Gasteiger partial charge in [0.2, 0.25) is 5.91 Å². The van der Waals surface area contributed by atoms with Crippen molar-refractivity contribution in [2.24, 2.45) is 17.3 Å². The minimum absolute atomic E-state index is 0.0418. The number of carbonyl (C=O) groups is 2. The SMILES string of the molecule is CC(C)n1ncc2c(C(=O)NCC3C(=O)NC(C)C4(CCCCCCCCC4)C3C)cc(-c3cccc(Cl)c3)nc21. The molecule has 1 aliphatic carbocycles. The number of rotatable bonds is 5. The number of carbonyl (C=O) groups excluding carboxylic acids is 2. The molecule has 3 unspecified atom stereocenters. The number of hydrogen-bond acceptors (Lipinski definition) is 4. The predicted molar refractivity (Wildman–Crippen MR) is 165 cm³/mol. The molecule has 0 bridgehead atoms. The molecule has 1 aromatic carbocycles. The Morgan fingerprint density at radius 3 is 2.44 bits per heavy atom. The van der Waals surface area contributed by atoms with Crippen LogP contribution in [0.1, 0.15) is 102 Å². The van der Waals surface area contributed by atoms with E-state index in [0.29, 0.717) is 33.9 Å². The zero-order valence-electron chi connectivity index (χ0n) is 24.9. The number of fused-ring (bicyclic) bond motifs is 1. The van der Waals surface area contributed by atoms with Crippen LogP contribution in [0.2, 0.25) is 5.02 Å². The number of benzene rings is 1. The van der Waals surface area contributed by atoms with E-state index in [0.717, 1.165) is 18.4 Å². The van der Waals surface area contributed by atoms with E-state index in [9.17, 15) is 9.59 Å². The summed E-state index contributed by atoms with van der Waals surface area (Å²) in [5.41, 5.74) is 2.70. The first-order valence-electron chi connectivity index (χ1n) is 15.4. The van der Waals surface area contributed by atoms with Crippen LogP contribution in [0.3, 0.4) is 0 Å². The highest BCUT2D eigenvalue weighted by Crippen LogP contribution is 2.48. The van der Waals surface area contributed by atoms with E-state index >= 15 is 0 Å². The molecule has 0 radical (unpaired) electrons. The maximum absolute atomic E-state index is 13.8. The fourth-order valence-corrected chi connectivity index (χ4v) is 7.43. The lowest BCUT2D eigenvalue weighted by molar-refractivity contribution is -0.137. The Labute approximate surface area is 248 Å². The molecular weight excluding hydrogens is 534 g/mol. The summed E-state index contributed by atoms with van der Waals surface area (Å²) in [6, 6.07) is 9.50. The van der Waals surface area contributed by atoms with Gasteiger partial charge in [-0.05, 0) is 63.1 Å². The standard InChI is InChI=1S/C33H44ClN5O2/c1-21(2)39-30-28(20-36-39)26(18-29(38-30)24-13-12-14-25(34)17-24)31(40)35-19-27-22(3)33(23(4)37-32(27)41)15-10-8-6-5-7-9-11-16-33/h12-14,17-18,20-23,27H,5-11,15-16,19H2,1-4H3,(H,35,40)(H,37,41). The number of nitrogens with one attached hydrogen (secondary N) is 2. The minimum Gasteiger partial charge on any atom is -0.353 e. The Hall–Kier alpha value is -2.93. The van der Waals surface area contributed by atoms with E-state index in [2.05, 4.69) is 29.6 Å². The highest BCUT2D eigenvalue weighted by Gasteiger charge is 2.50. The van der Waals surface area contributed by atoms with Gasteiger partial charge in [0, 0.05) is 29.2 Å². The van der Waals surface area contributed by atoms with Gasteiger partial charge in [-0.2, -0.15) is 5.10 Å². The molecule has 7 nitrogen and oxygen atoms in total. The zero-order valence-corrected chi connectivity index (χ0v) is 25.6. The molecule has 3 aromatic rings. The maximum atomic E-state index is 13.8. The van der Waals surface area contributed by atoms with Crippen LogP contribution in [0.25, 0.3) is 22.3 Å². The van der Waals surface area contributed by atoms with Crippen molar-refractivity contribution in [3.05, 3.63) is 47.1 Å². The molecule has 2 aliphatic rings. The first-order valence-corrected chi connectivity index (χ1v) is 15.8. The smallest absolute Gasteiger partial charge is 0.252 e. The van der Waals surface area contributed by atoms with Gasteiger partial charge in [-0.3, -0.25) is 9.59 Å². The molecule has 1 saturated heterocycles.